The summed E-state index contributed by atoms with van der Waals surface area (Å²) in [4.78, 5) is 0. The summed E-state index contributed by atoms with van der Waals surface area (Å²) in [5.74, 6) is 0.615. The van der Waals surface area contributed by atoms with E-state index in [0.29, 0.717) is 24.3 Å². The Bertz CT molecular complexity index is 268. The lowest BCUT2D eigenvalue weighted by molar-refractivity contribution is 0.594. The number of alkyl halides is 1. The highest BCUT2D eigenvalue weighted by atomic mass is 79.9. The zero-order valence-electron chi connectivity index (χ0n) is 8.92. The Morgan fingerprint density at radius 1 is 1.36 bits per heavy atom. The topological polar surface area (TPSA) is 34.1 Å². The zero-order chi connectivity index (χ0) is 11.0. The van der Waals surface area contributed by atoms with Crippen LogP contribution in [0.3, 0.4) is 0 Å². The monoisotopic (exact) mass is 282 g/mol. The van der Waals surface area contributed by atoms with Gasteiger partial charge in [-0.3, -0.25) is 0 Å². The summed E-state index contributed by atoms with van der Waals surface area (Å²) in [7, 11) is -2.80. The van der Waals surface area contributed by atoms with Gasteiger partial charge in [-0.2, -0.15) is 0 Å². The maximum atomic E-state index is 11.4. The SMILES string of the molecule is CCCS(=O)(=O)CCC(C)=CCCBr. The molecule has 0 atom stereocenters. The quantitative estimate of drug-likeness (QED) is 0.532. The van der Waals surface area contributed by atoms with Gasteiger partial charge in [0.05, 0.1) is 5.75 Å². The third-order valence-electron chi connectivity index (χ3n) is 1.92. The van der Waals surface area contributed by atoms with Crippen LogP contribution in [0.15, 0.2) is 11.6 Å². The van der Waals surface area contributed by atoms with Crippen molar-refractivity contribution in [3.8, 4) is 0 Å². The molecule has 0 rings (SSSR count). The van der Waals surface area contributed by atoms with Crippen molar-refractivity contribution in [1.29, 1.82) is 0 Å². The summed E-state index contributed by atoms with van der Waals surface area (Å²) in [6, 6.07) is 0. The van der Waals surface area contributed by atoms with E-state index in [9.17, 15) is 8.42 Å². The first-order valence-electron chi connectivity index (χ1n) is 4.94. The lowest BCUT2D eigenvalue weighted by atomic mass is 10.2. The minimum Gasteiger partial charge on any atom is -0.229 e. The lowest BCUT2D eigenvalue weighted by Crippen LogP contribution is -2.10. The standard InChI is InChI=1S/C10H19BrO2S/c1-3-8-14(12,13)9-6-10(2)5-4-7-11/h5H,3-4,6-9H2,1-2H3. The summed E-state index contributed by atoms with van der Waals surface area (Å²) in [6.45, 7) is 3.88. The molecule has 0 radical (unpaired) electrons. The molecule has 0 amide bonds. The molecular formula is C10H19BrO2S. The molecule has 0 aliphatic carbocycles. The number of sulfone groups is 1. The van der Waals surface area contributed by atoms with Crippen LogP contribution in [-0.2, 0) is 9.84 Å². The Labute approximate surface area is 95.8 Å². The van der Waals surface area contributed by atoms with Gasteiger partial charge in [0.1, 0.15) is 0 Å². The van der Waals surface area contributed by atoms with Crippen LogP contribution in [0.5, 0.6) is 0 Å². The summed E-state index contributed by atoms with van der Waals surface area (Å²) >= 11 is 3.33. The molecule has 84 valence electrons. The van der Waals surface area contributed by atoms with Crippen LogP contribution in [0.2, 0.25) is 0 Å². The fourth-order valence-electron chi connectivity index (χ4n) is 1.13. The van der Waals surface area contributed by atoms with Gasteiger partial charge >= 0.3 is 0 Å². The molecule has 0 bridgehead atoms. The zero-order valence-corrected chi connectivity index (χ0v) is 11.3. The van der Waals surface area contributed by atoms with Crippen LogP contribution in [-0.4, -0.2) is 25.3 Å². The maximum Gasteiger partial charge on any atom is 0.150 e. The first-order valence-corrected chi connectivity index (χ1v) is 7.88. The molecule has 4 heteroatoms. The van der Waals surface area contributed by atoms with Crippen LogP contribution >= 0.6 is 15.9 Å². The molecule has 0 aromatic rings. The number of allylic oxidation sites excluding steroid dienone is 2. The Kier molecular flexibility index (Phi) is 7.55. The van der Waals surface area contributed by atoms with E-state index in [1.807, 2.05) is 13.8 Å². The van der Waals surface area contributed by atoms with Gasteiger partial charge in [0.2, 0.25) is 0 Å². The van der Waals surface area contributed by atoms with Crippen molar-refractivity contribution in [3.63, 3.8) is 0 Å². The third kappa shape index (κ3) is 7.56. The van der Waals surface area contributed by atoms with E-state index in [2.05, 4.69) is 22.0 Å². The molecule has 2 nitrogen and oxygen atoms in total. The molecule has 0 saturated carbocycles. The van der Waals surface area contributed by atoms with Crippen molar-refractivity contribution in [1.82, 2.24) is 0 Å². The van der Waals surface area contributed by atoms with Gasteiger partial charge in [0.15, 0.2) is 9.84 Å². The van der Waals surface area contributed by atoms with Gasteiger partial charge < -0.3 is 0 Å². The molecule has 14 heavy (non-hydrogen) atoms. The van der Waals surface area contributed by atoms with Crippen molar-refractivity contribution in [3.05, 3.63) is 11.6 Å². The van der Waals surface area contributed by atoms with Crippen LogP contribution in [0, 0.1) is 0 Å². The molecule has 0 aliphatic heterocycles. The molecule has 0 aromatic heterocycles. The van der Waals surface area contributed by atoms with E-state index in [4.69, 9.17) is 0 Å². The number of halogens is 1. The molecule has 0 aromatic carbocycles. The first-order chi connectivity index (χ1) is 6.52. The molecule has 0 heterocycles. The minimum atomic E-state index is -2.80. The van der Waals surface area contributed by atoms with Crippen molar-refractivity contribution in [2.45, 2.75) is 33.1 Å². The van der Waals surface area contributed by atoms with Gasteiger partial charge in [-0.1, -0.05) is 34.5 Å². The molecule has 0 fully saturated rings. The Morgan fingerprint density at radius 3 is 2.50 bits per heavy atom. The number of rotatable bonds is 7. The predicted molar refractivity (Wildman–Crippen MR) is 65.7 cm³/mol. The van der Waals surface area contributed by atoms with E-state index >= 15 is 0 Å². The van der Waals surface area contributed by atoms with Crippen LogP contribution in [0.25, 0.3) is 0 Å². The highest BCUT2D eigenvalue weighted by Gasteiger charge is 2.08. The Balaban J connectivity index is 3.93. The van der Waals surface area contributed by atoms with Gasteiger partial charge in [-0.05, 0) is 26.2 Å². The number of hydrogen-bond donors (Lipinski definition) is 0. The minimum absolute atomic E-state index is 0.297. The second-order valence-corrected chi connectivity index (χ2v) is 6.53. The molecule has 0 saturated heterocycles. The largest absolute Gasteiger partial charge is 0.229 e. The average molecular weight is 283 g/mol. The fourth-order valence-corrected chi connectivity index (χ4v) is 2.82. The molecule has 0 spiro atoms. The Hall–Kier alpha value is 0.170. The smallest absolute Gasteiger partial charge is 0.150 e. The van der Waals surface area contributed by atoms with E-state index in [-0.39, 0.29) is 0 Å². The molecule has 0 N–H and O–H groups in total. The van der Waals surface area contributed by atoms with Crippen molar-refractivity contribution >= 4 is 25.8 Å². The second kappa shape index (κ2) is 7.46. The fraction of sp³-hybridized carbons (Fsp3) is 0.800. The van der Waals surface area contributed by atoms with Gasteiger partial charge in [-0.15, -0.1) is 0 Å². The van der Waals surface area contributed by atoms with E-state index in [1.165, 1.54) is 5.57 Å². The van der Waals surface area contributed by atoms with E-state index < -0.39 is 9.84 Å². The lowest BCUT2D eigenvalue weighted by Gasteiger charge is -2.02. The predicted octanol–water partition coefficient (Wildman–Crippen LogP) is 2.93. The second-order valence-electron chi connectivity index (χ2n) is 3.43. The first kappa shape index (κ1) is 14.2. The van der Waals surface area contributed by atoms with Gasteiger partial charge in [0, 0.05) is 11.1 Å². The molecule has 0 aliphatic rings. The van der Waals surface area contributed by atoms with Crippen molar-refractivity contribution < 1.29 is 8.42 Å². The summed E-state index contributed by atoms with van der Waals surface area (Å²) < 4.78 is 22.7. The summed E-state index contributed by atoms with van der Waals surface area (Å²) in [5, 5.41) is 0.937. The van der Waals surface area contributed by atoms with E-state index in [1.54, 1.807) is 0 Å². The average Bonchev–Trinajstić information content (AvgIpc) is 2.11. The van der Waals surface area contributed by atoms with Crippen molar-refractivity contribution in [2.24, 2.45) is 0 Å². The van der Waals surface area contributed by atoms with Crippen LogP contribution in [0.1, 0.15) is 33.1 Å². The van der Waals surface area contributed by atoms with Crippen LogP contribution in [0.4, 0.5) is 0 Å². The summed E-state index contributed by atoms with van der Waals surface area (Å²) in [6.07, 6.45) is 4.46. The normalized spacial score (nSPS) is 13.2. The third-order valence-corrected chi connectivity index (χ3v) is 4.24. The Morgan fingerprint density at radius 2 is 2.00 bits per heavy atom. The highest BCUT2D eigenvalue weighted by Crippen LogP contribution is 2.06. The number of hydrogen-bond acceptors (Lipinski definition) is 2. The highest BCUT2D eigenvalue weighted by molar-refractivity contribution is 9.09. The summed E-state index contributed by atoms with van der Waals surface area (Å²) in [5.41, 5.74) is 1.17. The van der Waals surface area contributed by atoms with Crippen LogP contribution < -0.4 is 0 Å². The van der Waals surface area contributed by atoms with E-state index in [0.717, 1.165) is 11.8 Å². The van der Waals surface area contributed by atoms with Gasteiger partial charge in [-0.25, -0.2) is 8.42 Å². The molecular weight excluding hydrogens is 264 g/mol. The maximum absolute atomic E-state index is 11.4. The van der Waals surface area contributed by atoms with Crippen molar-refractivity contribution in [2.75, 3.05) is 16.8 Å². The molecule has 0 unspecified atom stereocenters. The van der Waals surface area contributed by atoms with Gasteiger partial charge in [0.25, 0.3) is 0 Å².